The molecule has 0 bridgehead atoms. The molecule has 5 rings (SSSR count). The van der Waals surface area contributed by atoms with Crippen LogP contribution in [0.1, 0.15) is 26.3 Å². The fourth-order valence-corrected chi connectivity index (χ4v) is 4.45. The van der Waals surface area contributed by atoms with Gasteiger partial charge >= 0.3 is 0 Å². The molecule has 0 amide bonds. The quantitative estimate of drug-likeness (QED) is 0.677. The Hall–Kier alpha value is -3.00. The second-order valence-electron chi connectivity index (χ2n) is 8.06. The molecule has 2 saturated heterocycles. The molecule has 2 aromatic carbocycles. The molecule has 0 radical (unpaired) electrons. The van der Waals surface area contributed by atoms with Gasteiger partial charge in [-0.3, -0.25) is 0 Å². The monoisotopic (exact) mass is 413 g/mol. The SMILES string of the molecule is Cc1cc(Nc2ncn(-c3cc(F)cc(F)c3)n2)cc(N2CCC23CCOCC3)c1.[HH]. The van der Waals surface area contributed by atoms with Gasteiger partial charge in [0.25, 0.3) is 0 Å². The Morgan fingerprint density at radius 1 is 1.00 bits per heavy atom. The van der Waals surface area contributed by atoms with Crippen LogP contribution in [0.25, 0.3) is 5.69 Å². The molecule has 2 aliphatic heterocycles. The molecule has 3 heterocycles. The molecule has 1 spiro atoms. The van der Waals surface area contributed by atoms with E-state index in [0.29, 0.717) is 5.95 Å². The van der Waals surface area contributed by atoms with E-state index in [9.17, 15) is 8.78 Å². The normalized spacial score (nSPS) is 17.8. The largest absolute Gasteiger partial charge is 0.381 e. The fraction of sp³-hybridized carbons (Fsp3) is 0.364. The van der Waals surface area contributed by atoms with E-state index in [4.69, 9.17) is 4.74 Å². The van der Waals surface area contributed by atoms with Crippen LogP contribution in [-0.2, 0) is 4.74 Å². The summed E-state index contributed by atoms with van der Waals surface area (Å²) in [6.07, 6.45) is 4.74. The summed E-state index contributed by atoms with van der Waals surface area (Å²) in [6.45, 7) is 4.73. The highest BCUT2D eigenvalue weighted by molar-refractivity contribution is 5.66. The molecule has 0 aliphatic carbocycles. The van der Waals surface area contributed by atoms with Gasteiger partial charge in [-0.15, -0.1) is 5.10 Å². The molecular weight excluding hydrogens is 388 g/mol. The van der Waals surface area contributed by atoms with Gasteiger partial charge in [0.1, 0.15) is 18.0 Å². The molecule has 0 atom stereocenters. The van der Waals surface area contributed by atoms with Gasteiger partial charge in [0, 0.05) is 44.2 Å². The fourth-order valence-electron chi connectivity index (χ4n) is 4.45. The second kappa shape index (κ2) is 7.36. The Labute approximate surface area is 175 Å². The molecule has 1 aromatic heterocycles. The van der Waals surface area contributed by atoms with Gasteiger partial charge in [0.15, 0.2) is 0 Å². The first kappa shape index (κ1) is 19.0. The summed E-state index contributed by atoms with van der Waals surface area (Å²) in [6, 6.07) is 9.58. The average Bonchev–Trinajstić information content (AvgIpc) is 3.15. The molecule has 3 aromatic rings. The van der Waals surface area contributed by atoms with E-state index in [-0.39, 0.29) is 12.7 Å². The van der Waals surface area contributed by atoms with Gasteiger partial charge in [-0.2, -0.15) is 4.98 Å². The lowest BCUT2D eigenvalue weighted by Crippen LogP contribution is -2.62. The van der Waals surface area contributed by atoms with Gasteiger partial charge in [-0.05, 0) is 62.1 Å². The third-order valence-electron chi connectivity index (χ3n) is 6.03. The van der Waals surface area contributed by atoms with Crippen molar-refractivity contribution in [3.05, 3.63) is 59.9 Å². The number of hydrogen-bond acceptors (Lipinski definition) is 5. The first-order valence-corrected chi connectivity index (χ1v) is 10.1. The maximum atomic E-state index is 13.5. The lowest BCUT2D eigenvalue weighted by Gasteiger charge is -2.56. The number of halogens is 2. The lowest BCUT2D eigenvalue weighted by atomic mass is 9.77. The van der Waals surface area contributed by atoms with Crippen LogP contribution in [0.5, 0.6) is 0 Å². The smallest absolute Gasteiger partial charge is 0.246 e. The Kier molecular flexibility index (Phi) is 4.66. The third-order valence-corrected chi connectivity index (χ3v) is 6.03. The number of aromatic nitrogens is 3. The van der Waals surface area contributed by atoms with Crippen LogP contribution in [0.2, 0.25) is 0 Å². The standard InChI is InChI=1S/C22H23F2N5O.H2/c1-15-8-18(13-19(9-15)28-5-2-22(28)3-6-30-7-4-22)26-21-25-14-29(27-21)20-11-16(23)10-17(24)12-20;/h8-14H,2-7H2,1H3,(H,26,27);1H. The van der Waals surface area contributed by atoms with E-state index in [2.05, 4.69) is 39.4 Å². The summed E-state index contributed by atoms with van der Waals surface area (Å²) in [5, 5.41) is 7.53. The zero-order valence-electron chi connectivity index (χ0n) is 16.7. The summed E-state index contributed by atoms with van der Waals surface area (Å²) in [7, 11) is 0. The van der Waals surface area contributed by atoms with E-state index in [1.807, 2.05) is 6.07 Å². The van der Waals surface area contributed by atoms with Crippen LogP contribution in [0.3, 0.4) is 0 Å². The predicted molar refractivity (Wildman–Crippen MR) is 113 cm³/mol. The van der Waals surface area contributed by atoms with E-state index in [0.717, 1.165) is 49.9 Å². The molecule has 30 heavy (non-hydrogen) atoms. The highest BCUT2D eigenvalue weighted by Crippen LogP contribution is 2.43. The molecule has 0 unspecified atom stereocenters. The van der Waals surface area contributed by atoms with Crippen LogP contribution in [-0.4, -0.2) is 40.1 Å². The number of nitrogens with zero attached hydrogens (tertiary/aromatic N) is 4. The highest BCUT2D eigenvalue weighted by Gasteiger charge is 2.45. The summed E-state index contributed by atoms with van der Waals surface area (Å²) in [5.74, 6) is -0.953. The van der Waals surface area contributed by atoms with E-state index < -0.39 is 11.6 Å². The van der Waals surface area contributed by atoms with E-state index in [1.165, 1.54) is 35.3 Å². The zero-order valence-corrected chi connectivity index (χ0v) is 16.7. The number of ether oxygens (including phenoxy) is 1. The second-order valence-corrected chi connectivity index (χ2v) is 8.06. The van der Waals surface area contributed by atoms with Gasteiger partial charge < -0.3 is 15.0 Å². The Morgan fingerprint density at radius 3 is 2.47 bits per heavy atom. The van der Waals surface area contributed by atoms with Crippen LogP contribution in [0, 0.1) is 18.6 Å². The zero-order chi connectivity index (χ0) is 20.7. The van der Waals surface area contributed by atoms with E-state index >= 15 is 0 Å². The van der Waals surface area contributed by atoms with Crippen LogP contribution < -0.4 is 10.2 Å². The van der Waals surface area contributed by atoms with Crippen molar-refractivity contribution in [3.63, 3.8) is 0 Å². The van der Waals surface area contributed by atoms with Crippen LogP contribution >= 0.6 is 0 Å². The number of nitrogens with one attached hydrogen (secondary N) is 1. The molecule has 6 nitrogen and oxygen atoms in total. The minimum absolute atomic E-state index is 0. The van der Waals surface area contributed by atoms with Gasteiger partial charge in [-0.1, -0.05) is 0 Å². The summed E-state index contributed by atoms with van der Waals surface area (Å²) in [5.41, 5.74) is 3.68. The van der Waals surface area contributed by atoms with Gasteiger partial charge in [0.2, 0.25) is 5.95 Å². The number of benzene rings is 2. The van der Waals surface area contributed by atoms with Crippen molar-refractivity contribution in [3.8, 4) is 5.69 Å². The minimum atomic E-state index is -0.657. The van der Waals surface area contributed by atoms with Crippen molar-refractivity contribution >= 4 is 17.3 Å². The Morgan fingerprint density at radius 2 is 1.77 bits per heavy atom. The molecule has 1 N–H and O–H groups in total. The third kappa shape index (κ3) is 3.52. The van der Waals surface area contributed by atoms with Crippen molar-refractivity contribution in [1.29, 1.82) is 0 Å². The maximum Gasteiger partial charge on any atom is 0.246 e. The Bertz CT molecular complexity index is 1060. The summed E-state index contributed by atoms with van der Waals surface area (Å²) in [4.78, 5) is 6.72. The van der Waals surface area contributed by atoms with Crippen molar-refractivity contribution in [2.75, 3.05) is 30.0 Å². The number of anilines is 3. The number of rotatable bonds is 4. The molecule has 2 fully saturated rings. The van der Waals surface area contributed by atoms with Crippen molar-refractivity contribution in [1.82, 2.24) is 14.8 Å². The van der Waals surface area contributed by atoms with Crippen molar-refractivity contribution < 1.29 is 14.9 Å². The minimum Gasteiger partial charge on any atom is -0.381 e. The molecule has 8 heteroatoms. The molecule has 2 aliphatic rings. The van der Waals surface area contributed by atoms with Crippen LogP contribution in [0.15, 0.2) is 42.7 Å². The van der Waals surface area contributed by atoms with Gasteiger partial charge in [0.05, 0.1) is 5.69 Å². The molecular formula is C22H25F2N5O. The first-order chi connectivity index (χ1) is 14.5. The van der Waals surface area contributed by atoms with Crippen LogP contribution in [0.4, 0.5) is 26.1 Å². The first-order valence-electron chi connectivity index (χ1n) is 10.1. The Balaban J connectivity index is 0.00000231. The lowest BCUT2D eigenvalue weighted by molar-refractivity contribution is 0.0288. The van der Waals surface area contributed by atoms with Crippen molar-refractivity contribution in [2.45, 2.75) is 31.7 Å². The predicted octanol–water partition coefficient (Wildman–Crippen LogP) is 4.60. The van der Waals surface area contributed by atoms with Crippen molar-refractivity contribution in [2.24, 2.45) is 0 Å². The number of hydrogen-bond donors (Lipinski definition) is 1. The summed E-state index contributed by atoms with van der Waals surface area (Å²) < 4.78 is 33.9. The average molecular weight is 413 g/mol. The number of aryl methyl sites for hydroxylation is 1. The summed E-state index contributed by atoms with van der Waals surface area (Å²) >= 11 is 0. The maximum absolute atomic E-state index is 13.5. The topological polar surface area (TPSA) is 55.2 Å². The highest BCUT2D eigenvalue weighted by atomic mass is 19.1. The molecule has 0 saturated carbocycles. The van der Waals surface area contributed by atoms with Gasteiger partial charge in [-0.25, -0.2) is 13.5 Å². The van der Waals surface area contributed by atoms with E-state index in [1.54, 1.807) is 0 Å². The molecule has 158 valence electrons.